The van der Waals surface area contributed by atoms with Gasteiger partial charge >= 0.3 is 5.97 Å². The van der Waals surface area contributed by atoms with Gasteiger partial charge in [0.15, 0.2) is 0 Å². The average Bonchev–Trinajstić information content (AvgIpc) is 2.88. The maximum atomic E-state index is 12.0. The predicted molar refractivity (Wildman–Crippen MR) is 74.0 cm³/mol. The quantitative estimate of drug-likeness (QED) is 0.703. The molecule has 0 atom stereocenters. The van der Waals surface area contributed by atoms with Crippen LogP contribution in [0.5, 0.6) is 0 Å². The van der Waals surface area contributed by atoms with Gasteiger partial charge in [0.05, 0.1) is 13.1 Å². The Morgan fingerprint density at radius 2 is 1.79 bits per heavy atom. The molecule has 1 amide bonds. The first-order valence-electron chi connectivity index (χ1n) is 7.32. The van der Waals surface area contributed by atoms with E-state index in [1.54, 1.807) is 0 Å². The molecule has 0 spiro atoms. The zero-order valence-electron chi connectivity index (χ0n) is 12.0. The molecule has 0 aromatic rings. The van der Waals surface area contributed by atoms with Gasteiger partial charge < -0.3 is 10.4 Å². The Kier molecular flexibility index (Phi) is 6.84. The molecule has 0 radical (unpaired) electrons. The first kappa shape index (κ1) is 16.0. The summed E-state index contributed by atoms with van der Waals surface area (Å²) in [4.78, 5) is 24.7. The van der Waals surface area contributed by atoms with Crippen molar-refractivity contribution in [2.75, 3.05) is 13.1 Å². The molecule has 19 heavy (non-hydrogen) atoms. The third-order valence-electron chi connectivity index (χ3n) is 3.88. The molecule has 1 aliphatic carbocycles. The zero-order valence-corrected chi connectivity index (χ0v) is 12.0. The Labute approximate surface area is 115 Å². The minimum absolute atomic E-state index is 0.0407. The van der Waals surface area contributed by atoms with Crippen molar-refractivity contribution in [2.24, 2.45) is 0 Å². The maximum absolute atomic E-state index is 12.0. The largest absolute Gasteiger partial charge is 0.480 e. The Balaban J connectivity index is 2.50. The number of carboxylic acids is 1. The number of carbonyl (C=O) groups excluding carboxylic acids is 1. The van der Waals surface area contributed by atoms with Crippen molar-refractivity contribution in [2.45, 2.75) is 64.5 Å². The molecule has 1 rings (SSSR count). The number of carboxylic acid groups (broad SMARTS) is 1. The number of nitrogens with zero attached hydrogens (tertiary/aromatic N) is 1. The summed E-state index contributed by atoms with van der Waals surface area (Å²) in [7, 11) is 0. The third-order valence-corrected chi connectivity index (χ3v) is 3.88. The van der Waals surface area contributed by atoms with E-state index in [-0.39, 0.29) is 31.1 Å². The highest BCUT2D eigenvalue weighted by molar-refractivity contribution is 5.79. The second kappa shape index (κ2) is 8.15. The van der Waals surface area contributed by atoms with Gasteiger partial charge in [-0.15, -0.1) is 0 Å². The highest BCUT2D eigenvalue weighted by atomic mass is 16.4. The monoisotopic (exact) mass is 270 g/mol. The van der Waals surface area contributed by atoms with E-state index in [2.05, 4.69) is 5.32 Å². The highest BCUT2D eigenvalue weighted by Crippen LogP contribution is 2.23. The van der Waals surface area contributed by atoms with Gasteiger partial charge in [0.25, 0.3) is 0 Å². The molecule has 0 aromatic carbocycles. The number of nitrogens with one attached hydrogen (secondary N) is 1. The molecule has 0 unspecified atom stereocenters. The molecular weight excluding hydrogens is 244 g/mol. The van der Waals surface area contributed by atoms with Crippen LogP contribution in [0, 0.1) is 0 Å². The second-order valence-electron chi connectivity index (χ2n) is 5.32. The molecule has 0 aliphatic heterocycles. The van der Waals surface area contributed by atoms with Crippen molar-refractivity contribution in [3.8, 4) is 0 Å². The fourth-order valence-electron chi connectivity index (χ4n) is 2.71. The van der Waals surface area contributed by atoms with Gasteiger partial charge in [0.2, 0.25) is 5.91 Å². The topological polar surface area (TPSA) is 69.6 Å². The van der Waals surface area contributed by atoms with Crippen molar-refractivity contribution < 1.29 is 14.7 Å². The van der Waals surface area contributed by atoms with Gasteiger partial charge in [-0.25, -0.2) is 0 Å². The molecule has 0 bridgehead atoms. The predicted octanol–water partition coefficient (Wildman–Crippen LogP) is 1.62. The van der Waals surface area contributed by atoms with Crippen molar-refractivity contribution in [3.63, 3.8) is 0 Å². The SMILES string of the molecule is CCC(CC)NC(=O)CN(CC(=O)O)C1CCCC1. The lowest BCUT2D eigenvalue weighted by Gasteiger charge is -2.27. The van der Waals surface area contributed by atoms with Crippen LogP contribution in [-0.2, 0) is 9.59 Å². The van der Waals surface area contributed by atoms with Crippen molar-refractivity contribution >= 4 is 11.9 Å². The van der Waals surface area contributed by atoms with Gasteiger partial charge in [-0.3, -0.25) is 14.5 Å². The lowest BCUT2D eigenvalue weighted by atomic mass is 10.1. The van der Waals surface area contributed by atoms with Gasteiger partial charge in [0, 0.05) is 12.1 Å². The summed E-state index contributed by atoms with van der Waals surface area (Å²) < 4.78 is 0. The number of rotatable bonds is 8. The molecule has 1 fully saturated rings. The van der Waals surface area contributed by atoms with Crippen LogP contribution < -0.4 is 5.32 Å². The van der Waals surface area contributed by atoms with Crippen LogP contribution in [0.25, 0.3) is 0 Å². The standard InChI is InChI=1S/C14H26N2O3/c1-3-11(4-2)15-13(17)9-16(10-14(18)19)12-7-5-6-8-12/h11-12H,3-10H2,1-2H3,(H,15,17)(H,18,19). The van der Waals surface area contributed by atoms with Crippen molar-refractivity contribution in [1.82, 2.24) is 10.2 Å². The first-order chi connectivity index (χ1) is 9.06. The lowest BCUT2D eigenvalue weighted by molar-refractivity contribution is -0.139. The Bertz CT molecular complexity index is 297. The van der Waals surface area contributed by atoms with E-state index >= 15 is 0 Å². The Morgan fingerprint density at radius 1 is 1.21 bits per heavy atom. The van der Waals surface area contributed by atoms with E-state index in [1.165, 1.54) is 0 Å². The molecule has 5 nitrogen and oxygen atoms in total. The van der Waals surface area contributed by atoms with E-state index in [9.17, 15) is 9.59 Å². The molecular formula is C14H26N2O3. The molecule has 0 heterocycles. The third kappa shape index (κ3) is 5.59. The van der Waals surface area contributed by atoms with E-state index < -0.39 is 5.97 Å². The van der Waals surface area contributed by atoms with Crippen LogP contribution >= 0.6 is 0 Å². The van der Waals surface area contributed by atoms with Gasteiger partial charge in [-0.2, -0.15) is 0 Å². The molecule has 0 aromatic heterocycles. The zero-order chi connectivity index (χ0) is 14.3. The molecule has 0 saturated heterocycles. The summed E-state index contributed by atoms with van der Waals surface area (Å²) in [5, 5.41) is 11.9. The molecule has 2 N–H and O–H groups in total. The summed E-state index contributed by atoms with van der Waals surface area (Å²) in [6.45, 7) is 4.25. The van der Waals surface area contributed by atoms with E-state index in [1.807, 2.05) is 18.7 Å². The van der Waals surface area contributed by atoms with E-state index in [0.29, 0.717) is 0 Å². The lowest BCUT2D eigenvalue weighted by Crippen LogP contribution is -2.46. The van der Waals surface area contributed by atoms with Gasteiger partial charge in [-0.1, -0.05) is 26.7 Å². The van der Waals surface area contributed by atoms with E-state index in [4.69, 9.17) is 5.11 Å². The fraction of sp³-hybridized carbons (Fsp3) is 0.857. The summed E-state index contributed by atoms with van der Waals surface area (Å²) >= 11 is 0. The number of hydrogen-bond acceptors (Lipinski definition) is 3. The van der Waals surface area contributed by atoms with Gasteiger partial charge in [0.1, 0.15) is 0 Å². The maximum Gasteiger partial charge on any atom is 0.317 e. The van der Waals surface area contributed by atoms with Crippen LogP contribution in [0.2, 0.25) is 0 Å². The first-order valence-corrected chi connectivity index (χ1v) is 7.32. The van der Waals surface area contributed by atoms with E-state index in [0.717, 1.165) is 38.5 Å². The van der Waals surface area contributed by atoms with Crippen LogP contribution in [0.1, 0.15) is 52.4 Å². The fourth-order valence-corrected chi connectivity index (χ4v) is 2.71. The average molecular weight is 270 g/mol. The number of amides is 1. The van der Waals surface area contributed by atoms with Crippen molar-refractivity contribution in [1.29, 1.82) is 0 Å². The molecule has 1 aliphatic rings. The summed E-state index contributed by atoms with van der Waals surface area (Å²) in [6.07, 6.45) is 6.09. The van der Waals surface area contributed by atoms with Crippen LogP contribution in [-0.4, -0.2) is 47.1 Å². The Hall–Kier alpha value is -1.10. The molecule has 5 heteroatoms. The summed E-state index contributed by atoms with van der Waals surface area (Å²) in [6, 6.07) is 0.450. The summed E-state index contributed by atoms with van der Waals surface area (Å²) in [5.41, 5.74) is 0. The minimum atomic E-state index is -0.859. The number of carbonyl (C=O) groups is 2. The van der Waals surface area contributed by atoms with Crippen LogP contribution in [0.4, 0.5) is 0 Å². The highest BCUT2D eigenvalue weighted by Gasteiger charge is 2.26. The molecule has 1 saturated carbocycles. The number of hydrogen-bond donors (Lipinski definition) is 2. The minimum Gasteiger partial charge on any atom is -0.480 e. The normalized spacial score (nSPS) is 16.2. The molecule has 110 valence electrons. The van der Waals surface area contributed by atoms with Crippen LogP contribution in [0.3, 0.4) is 0 Å². The van der Waals surface area contributed by atoms with Crippen LogP contribution in [0.15, 0.2) is 0 Å². The summed E-state index contributed by atoms with van der Waals surface area (Å²) in [5.74, 6) is -0.913. The second-order valence-corrected chi connectivity index (χ2v) is 5.32. The number of aliphatic carboxylic acids is 1. The van der Waals surface area contributed by atoms with Gasteiger partial charge in [-0.05, 0) is 25.7 Å². The smallest absolute Gasteiger partial charge is 0.317 e. The Morgan fingerprint density at radius 3 is 2.26 bits per heavy atom. The van der Waals surface area contributed by atoms with Crippen molar-refractivity contribution in [3.05, 3.63) is 0 Å².